The highest BCUT2D eigenvalue weighted by molar-refractivity contribution is 6.34. The van der Waals surface area contributed by atoms with Crippen molar-refractivity contribution in [3.63, 3.8) is 0 Å². The molecule has 1 unspecified atom stereocenters. The Morgan fingerprint density at radius 3 is 2.67 bits per heavy atom. The summed E-state index contributed by atoms with van der Waals surface area (Å²) in [5.41, 5.74) is 0.930. The van der Waals surface area contributed by atoms with E-state index in [2.05, 4.69) is 4.98 Å². The number of rotatable bonds is 3. The minimum atomic E-state index is -0.876. The van der Waals surface area contributed by atoms with Gasteiger partial charge in [0.1, 0.15) is 5.92 Å². The second-order valence-corrected chi connectivity index (χ2v) is 4.10. The Bertz CT molecular complexity index is 605. The number of benzene rings is 1. The maximum Gasteiger partial charge on any atom is 0.186 e. The molecule has 1 heterocycles. The summed E-state index contributed by atoms with van der Waals surface area (Å²) >= 11 is 5.96. The lowest BCUT2D eigenvalue weighted by atomic mass is 9.93. The van der Waals surface area contributed by atoms with Gasteiger partial charge in [0.05, 0.1) is 11.1 Å². The molecule has 18 heavy (non-hydrogen) atoms. The van der Waals surface area contributed by atoms with Crippen molar-refractivity contribution in [2.45, 2.75) is 5.92 Å². The van der Waals surface area contributed by atoms with Crippen molar-refractivity contribution >= 4 is 17.4 Å². The SMILES string of the molecule is N#CC(C(=O)c1ccccc1Cl)c1cccnc1. The van der Waals surface area contributed by atoms with Crippen LogP contribution in [0.15, 0.2) is 48.8 Å². The first-order valence-electron chi connectivity index (χ1n) is 5.32. The van der Waals surface area contributed by atoms with Crippen molar-refractivity contribution in [2.24, 2.45) is 0 Å². The third-order valence-electron chi connectivity index (χ3n) is 2.55. The van der Waals surface area contributed by atoms with Gasteiger partial charge in [-0.15, -0.1) is 0 Å². The predicted octanol–water partition coefficient (Wildman–Crippen LogP) is 3.23. The van der Waals surface area contributed by atoms with Gasteiger partial charge >= 0.3 is 0 Å². The molecule has 0 bridgehead atoms. The molecule has 0 saturated carbocycles. The van der Waals surface area contributed by atoms with Gasteiger partial charge in [0.15, 0.2) is 5.78 Å². The quantitative estimate of drug-likeness (QED) is 0.793. The smallest absolute Gasteiger partial charge is 0.186 e. The average molecular weight is 257 g/mol. The summed E-state index contributed by atoms with van der Waals surface area (Å²) in [7, 11) is 0. The molecule has 0 radical (unpaired) electrons. The third-order valence-corrected chi connectivity index (χ3v) is 2.88. The maximum atomic E-state index is 12.3. The maximum absolute atomic E-state index is 12.3. The van der Waals surface area contributed by atoms with E-state index in [0.29, 0.717) is 16.1 Å². The van der Waals surface area contributed by atoms with Crippen LogP contribution < -0.4 is 0 Å². The molecule has 0 aliphatic heterocycles. The summed E-state index contributed by atoms with van der Waals surface area (Å²) in [6, 6.07) is 12.1. The number of aromatic nitrogens is 1. The summed E-state index contributed by atoms with van der Waals surface area (Å²) < 4.78 is 0. The number of Topliss-reactive ketones (excluding diaryl/α,β-unsaturated/α-hetero) is 1. The van der Waals surface area contributed by atoms with Crippen LogP contribution in [-0.2, 0) is 0 Å². The normalized spacial score (nSPS) is 11.6. The lowest BCUT2D eigenvalue weighted by molar-refractivity contribution is 0.0979. The molecule has 1 aromatic carbocycles. The number of halogens is 1. The van der Waals surface area contributed by atoms with E-state index in [0.717, 1.165) is 0 Å². The molecule has 0 N–H and O–H groups in total. The standard InChI is InChI=1S/C14H9ClN2O/c15-13-6-2-1-5-11(13)14(18)12(8-16)10-4-3-7-17-9-10/h1-7,9,12H. The molecule has 0 saturated heterocycles. The Labute approximate surface area is 110 Å². The minimum Gasteiger partial charge on any atom is -0.292 e. The van der Waals surface area contributed by atoms with Gasteiger partial charge in [0.2, 0.25) is 0 Å². The van der Waals surface area contributed by atoms with E-state index in [4.69, 9.17) is 16.9 Å². The van der Waals surface area contributed by atoms with Crippen molar-refractivity contribution in [3.05, 3.63) is 64.9 Å². The number of pyridine rings is 1. The largest absolute Gasteiger partial charge is 0.292 e. The van der Waals surface area contributed by atoms with Gasteiger partial charge in [-0.1, -0.05) is 29.8 Å². The molecule has 1 aromatic heterocycles. The van der Waals surface area contributed by atoms with Crippen LogP contribution in [0.1, 0.15) is 21.8 Å². The number of carbonyl (C=O) groups is 1. The first-order valence-corrected chi connectivity index (χ1v) is 5.70. The zero-order valence-corrected chi connectivity index (χ0v) is 10.1. The summed E-state index contributed by atoms with van der Waals surface area (Å²) in [6.45, 7) is 0. The van der Waals surface area contributed by atoms with Crippen molar-refractivity contribution in [1.29, 1.82) is 5.26 Å². The van der Waals surface area contributed by atoms with Crippen LogP contribution in [0.5, 0.6) is 0 Å². The second-order valence-electron chi connectivity index (χ2n) is 3.69. The van der Waals surface area contributed by atoms with Crippen molar-refractivity contribution < 1.29 is 4.79 Å². The van der Waals surface area contributed by atoms with Gasteiger partial charge < -0.3 is 0 Å². The number of hydrogen-bond acceptors (Lipinski definition) is 3. The Kier molecular flexibility index (Phi) is 3.71. The Hall–Kier alpha value is -2.18. The van der Waals surface area contributed by atoms with E-state index in [-0.39, 0.29) is 5.78 Å². The lowest BCUT2D eigenvalue weighted by Gasteiger charge is -2.09. The molecule has 0 amide bonds. The molecule has 2 aromatic rings. The van der Waals surface area contributed by atoms with E-state index in [1.165, 1.54) is 6.20 Å². The average Bonchev–Trinajstić information content (AvgIpc) is 2.41. The molecule has 0 aliphatic rings. The summed E-state index contributed by atoms with van der Waals surface area (Å²) in [5.74, 6) is -1.19. The number of carbonyl (C=O) groups excluding carboxylic acids is 1. The van der Waals surface area contributed by atoms with Crippen molar-refractivity contribution in [1.82, 2.24) is 4.98 Å². The van der Waals surface area contributed by atoms with Crippen LogP contribution in [0.3, 0.4) is 0 Å². The van der Waals surface area contributed by atoms with Crippen LogP contribution in [0, 0.1) is 11.3 Å². The zero-order chi connectivity index (χ0) is 13.0. The van der Waals surface area contributed by atoms with Crippen LogP contribution in [0.2, 0.25) is 5.02 Å². The highest BCUT2D eigenvalue weighted by Crippen LogP contribution is 2.24. The van der Waals surface area contributed by atoms with E-state index < -0.39 is 5.92 Å². The summed E-state index contributed by atoms with van der Waals surface area (Å²) in [5, 5.41) is 9.51. The number of hydrogen-bond donors (Lipinski definition) is 0. The van der Waals surface area contributed by atoms with E-state index in [1.807, 2.05) is 6.07 Å². The fourth-order valence-corrected chi connectivity index (χ4v) is 1.88. The van der Waals surface area contributed by atoms with Crippen LogP contribution in [0.4, 0.5) is 0 Å². The lowest BCUT2D eigenvalue weighted by Crippen LogP contribution is -2.11. The topological polar surface area (TPSA) is 53.8 Å². The molecule has 0 fully saturated rings. The molecule has 3 nitrogen and oxygen atoms in total. The molecule has 4 heteroatoms. The predicted molar refractivity (Wildman–Crippen MR) is 68.4 cm³/mol. The highest BCUT2D eigenvalue weighted by atomic mass is 35.5. The fraction of sp³-hybridized carbons (Fsp3) is 0.0714. The van der Waals surface area contributed by atoms with E-state index in [1.54, 1.807) is 42.6 Å². The van der Waals surface area contributed by atoms with Crippen LogP contribution >= 0.6 is 11.6 Å². The fourth-order valence-electron chi connectivity index (χ4n) is 1.65. The highest BCUT2D eigenvalue weighted by Gasteiger charge is 2.23. The van der Waals surface area contributed by atoms with Crippen molar-refractivity contribution in [2.75, 3.05) is 0 Å². The Morgan fingerprint density at radius 1 is 1.28 bits per heavy atom. The van der Waals surface area contributed by atoms with Gasteiger partial charge in [0.25, 0.3) is 0 Å². The van der Waals surface area contributed by atoms with Gasteiger partial charge in [0, 0.05) is 18.0 Å². The molecule has 0 spiro atoms. The van der Waals surface area contributed by atoms with E-state index >= 15 is 0 Å². The first-order chi connectivity index (χ1) is 8.74. The van der Waals surface area contributed by atoms with Gasteiger partial charge in [-0.05, 0) is 23.8 Å². The van der Waals surface area contributed by atoms with Crippen LogP contribution in [0.25, 0.3) is 0 Å². The molecule has 1 atom stereocenters. The molecule has 0 aliphatic carbocycles. The molecule has 88 valence electrons. The molecular weight excluding hydrogens is 248 g/mol. The minimum absolute atomic E-state index is 0.309. The van der Waals surface area contributed by atoms with Crippen LogP contribution in [-0.4, -0.2) is 10.8 Å². The third kappa shape index (κ3) is 2.39. The van der Waals surface area contributed by atoms with Crippen molar-refractivity contribution in [3.8, 4) is 6.07 Å². The first kappa shape index (κ1) is 12.3. The summed E-state index contributed by atoms with van der Waals surface area (Å²) in [4.78, 5) is 16.2. The Balaban J connectivity index is 2.39. The number of nitrogens with zero attached hydrogens (tertiary/aromatic N) is 2. The summed E-state index contributed by atoms with van der Waals surface area (Å²) in [6.07, 6.45) is 3.11. The molecular formula is C14H9ClN2O. The van der Waals surface area contributed by atoms with Gasteiger partial charge in [-0.25, -0.2) is 0 Å². The number of nitriles is 1. The second kappa shape index (κ2) is 5.44. The Morgan fingerprint density at radius 2 is 2.06 bits per heavy atom. The molecule has 2 rings (SSSR count). The zero-order valence-electron chi connectivity index (χ0n) is 9.38. The number of ketones is 1. The van der Waals surface area contributed by atoms with E-state index in [9.17, 15) is 4.79 Å². The monoisotopic (exact) mass is 256 g/mol. The van der Waals surface area contributed by atoms with Gasteiger partial charge in [-0.2, -0.15) is 5.26 Å². The van der Waals surface area contributed by atoms with Gasteiger partial charge in [-0.3, -0.25) is 9.78 Å².